The molecule has 0 spiro atoms. The van der Waals surface area contributed by atoms with Crippen LogP contribution in [0.4, 0.5) is 4.39 Å². The first-order chi connectivity index (χ1) is 17.5. The van der Waals surface area contributed by atoms with Crippen LogP contribution in [-0.2, 0) is 13.6 Å². The molecule has 180 valence electrons. The number of hydrogen-bond donors (Lipinski definition) is 1. The lowest BCUT2D eigenvalue weighted by Gasteiger charge is -2.26. The van der Waals surface area contributed by atoms with Gasteiger partial charge in [0, 0.05) is 36.1 Å². The number of aromatic nitrogens is 5. The van der Waals surface area contributed by atoms with Crippen molar-refractivity contribution < 1.29 is 4.39 Å². The Bertz CT molecular complexity index is 1630. The van der Waals surface area contributed by atoms with Crippen molar-refractivity contribution in [3.8, 4) is 28.5 Å². The van der Waals surface area contributed by atoms with Crippen molar-refractivity contribution >= 4 is 21.9 Å². The minimum absolute atomic E-state index is 0.0123. The zero-order valence-electron chi connectivity index (χ0n) is 20.0. The summed E-state index contributed by atoms with van der Waals surface area (Å²) in [6.07, 6.45) is 9.85. The Morgan fingerprint density at radius 1 is 1.03 bits per heavy atom. The Morgan fingerprint density at radius 2 is 1.83 bits per heavy atom. The van der Waals surface area contributed by atoms with Gasteiger partial charge < -0.3 is 10.3 Å². The zero-order valence-corrected chi connectivity index (χ0v) is 20.0. The van der Waals surface area contributed by atoms with Gasteiger partial charge in [0.25, 0.3) is 0 Å². The summed E-state index contributed by atoms with van der Waals surface area (Å²) >= 11 is 0. The number of nitrogens with zero attached hydrogens (tertiary/aromatic N) is 6. The molecule has 1 saturated carbocycles. The fraction of sp³-hybridized carbons (Fsp3) is 0.286. The molecule has 1 aliphatic rings. The van der Waals surface area contributed by atoms with Crippen LogP contribution >= 0.6 is 0 Å². The molecule has 1 aliphatic carbocycles. The molecule has 8 heteroatoms. The van der Waals surface area contributed by atoms with Crippen molar-refractivity contribution in [2.24, 2.45) is 18.7 Å². The average Bonchev–Trinajstić information content (AvgIpc) is 3.47. The number of pyridine rings is 1. The summed E-state index contributed by atoms with van der Waals surface area (Å²) in [5.74, 6) is -0.00990. The molecule has 0 atom stereocenters. The molecule has 36 heavy (non-hydrogen) atoms. The highest BCUT2D eigenvalue weighted by molar-refractivity contribution is 6.00. The van der Waals surface area contributed by atoms with Crippen molar-refractivity contribution in [2.75, 3.05) is 0 Å². The lowest BCUT2D eigenvalue weighted by atomic mass is 9.86. The van der Waals surface area contributed by atoms with E-state index in [0.29, 0.717) is 23.2 Å². The number of nitriles is 1. The number of nitrogens with two attached hydrogens (primary N) is 1. The number of rotatable bonds is 4. The van der Waals surface area contributed by atoms with Gasteiger partial charge in [0.2, 0.25) is 0 Å². The third kappa shape index (κ3) is 3.82. The van der Waals surface area contributed by atoms with Gasteiger partial charge in [-0.25, -0.2) is 9.37 Å². The maximum absolute atomic E-state index is 14.7. The van der Waals surface area contributed by atoms with Crippen LogP contribution in [-0.4, -0.2) is 30.4 Å². The second-order valence-corrected chi connectivity index (χ2v) is 9.74. The largest absolute Gasteiger partial charge is 0.329 e. The monoisotopic (exact) mass is 479 g/mol. The van der Waals surface area contributed by atoms with Crippen molar-refractivity contribution in [1.82, 2.24) is 24.3 Å². The van der Waals surface area contributed by atoms with E-state index in [1.165, 1.54) is 12.1 Å². The van der Waals surface area contributed by atoms with Crippen LogP contribution in [0.2, 0.25) is 0 Å². The van der Waals surface area contributed by atoms with E-state index in [9.17, 15) is 9.65 Å². The molecule has 0 saturated heterocycles. The van der Waals surface area contributed by atoms with Crippen LogP contribution in [0.5, 0.6) is 0 Å². The van der Waals surface area contributed by atoms with Crippen molar-refractivity contribution in [3.63, 3.8) is 0 Å². The van der Waals surface area contributed by atoms with Gasteiger partial charge in [-0.1, -0.05) is 12.1 Å². The van der Waals surface area contributed by atoms with Gasteiger partial charge >= 0.3 is 0 Å². The number of halogens is 1. The highest BCUT2D eigenvalue weighted by Gasteiger charge is 2.22. The summed E-state index contributed by atoms with van der Waals surface area (Å²) < 4.78 is 18.7. The molecule has 7 nitrogen and oxygen atoms in total. The molecule has 2 aromatic carbocycles. The fourth-order valence-corrected chi connectivity index (χ4v) is 5.38. The van der Waals surface area contributed by atoms with Gasteiger partial charge in [-0.3, -0.25) is 9.67 Å². The minimum Gasteiger partial charge on any atom is -0.329 e. The Balaban J connectivity index is 1.51. The van der Waals surface area contributed by atoms with E-state index in [4.69, 9.17) is 15.7 Å². The Labute approximate surface area is 208 Å². The number of fused-ring (bicyclic) bond motifs is 2. The van der Waals surface area contributed by atoms with Crippen LogP contribution in [0.1, 0.15) is 31.2 Å². The Morgan fingerprint density at radius 3 is 2.61 bits per heavy atom. The fourth-order valence-electron chi connectivity index (χ4n) is 5.38. The molecule has 0 unspecified atom stereocenters. The first-order valence-corrected chi connectivity index (χ1v) is 12.2. The van der Waals surface area contributed by atoms with Crippen LogP contribution < -0.4 is 5.73 Å². The maximum Gasteiger partial charge on any atom is 0.141 e. The standard InChI is InChI=1S/C28H26FN7/c1-35-24-9-6-19(10-21(24)13-34-35)27-26(18-4-5-20(12-30)23(29)11-18)28-25(14-32-27)36(16-33-28)15-17-2-7-22(31)8-3-17/h4-6,9-11,13-14,16-17,22H,2-3,7-8,15,31H2,1H3/t17-,22-. The average molecular weight is 480 g/mol. The highest BCUT2D eigenvalue weighted by atomic mass is 19.1. The first kappa shape index (κ1) is 22.4. The number of hydrogen-bond acceptors (Lipinski definition) is 5. The van der Waals surface area contributed by atoms with Crippen LogP contribution in [0.25, 0.3) is 44.3 Å². The lowest BCUT2D eigenvalue weighted by Crippen LogP contribution is -2.28. The number of benzene rings is 2. The third-order valence-corrected chi connectivity index (χ3v) is 7.41. The molecule has 0 bridgehead atoms. The van der Waals surface area contributed by atoms with Crippen molar-refractivity contribution in [1.29, 1.82) is 5.26 Å². The van der Waals surface area contributed by atoms with Crippen molar-refractivity contribution in [2.45, 2.75) is 38.3 Å². The van der Waals surface area contributed by atoms with E-state index < -0.39 is 5.82 Å². The van der Waals surface area contributed by atoms with Gasteiger partial charge in [-0.2, -0.15) is 10.4 Å². The van der Waals surface area contributed by atoms with Gasteiger partial charge in [0.05, 0.1) is 41.0 Å². The second kappa shape index (κ2) is 8.85. The topological polar surface area (TPSA) is 98.3 Å². The maximum atomic E-state index is 14.7. The third-order valence-electron chi connectivity index (χ3n) is 7.41. The van der Waals surface area contributed by atoms with Crippen LogP contribution in [0.3, 0.4) is 0 Å². The summed E-state index contributed by atoms with van der Waals surface area (Å²) in [5.41, 5.74) is 11.8. The van der Waals surface area contributed by atoms with Gasteiger partial charge in [0.15, 0.2) is 0 Å². The summed E-state index contributed by atoms with van der Waals surface area (Å²) in [6.45, 7) is 0.854. The normalized spacial score (nSPS) is 18.1. The van der Waals surface area contributed by atoms with Gasteiger partial charge in [-0.15, -0.1) is 0 Å². The summed E-state index contributed by atoms with van der Waals surface area (Å²) in [6, 6.07) is 13.0. The SMILES string of the molecule is Cn1ncc2cc(-c3ncc4c(ncn4C[C@H]4CC[C@H](N)CC4)c3-c3ccc(C#N)c(F)c3)ccc21. The Kier molecular flexibility index (Phi) is 5.50. The molecule has 3 aromatic heterocycles. The van der Waals surface area contributed by atoms with E-state index >= 15 is 0 Å². The molecule has 0 amide bonds. The predicted octanol–water partition coefficient (Wildman–Crippen LogP) is 5.18. The van der Waals surface area contributed by atoms with E-state index in [1.807, 2.05) is 54.7 Å². The molecule has 0 radical (unpaired) electrons. The lowest BCUT2D eigenvalue weighted by molar-refractivity contribution is 0.297. The molecule has 2 N–H and O–H groups in total. The quantitative estimate of drug-likeness (QED) is 0.383. The van der Waals surface area contributed by atoms with E-state index in [0.717, 1.165) is 65.3 Å². The van der Waals surface area contributed by atoms with Gasteiger partial charge in [-0.05, 0) is 61.4 Å². The summed E-state index contributed by atoms with van der Waals surface area (Å²) in [7, 11) is 1.91. The van der Waals surface area contributed by atoms with Crippen LogP contribution in [0, 0.1) is 23.1 Å². The molecule has 6 rings (SSSR count). The number of aryl methyl sites for hydroxylation is 1. The molecular formula is C28H26FN7. The number of imidazole rings is 1. The summed E-state index contributed by atoms with van der Waals surface area (Å²) in [5, 5.41) is 14.6. The van der Waals surface area contributed by atoms with Gasteiger partial charge in [0.1, 0.15) is 17.4 Å². The van der Waals surface area contributed by atoms with E-state index in [2.05, 4.69) is 9.67 Å². The second-order valence-electron chi connectivity index (χ2n) is 9.74. The molecule has 3 heterocycles. The minimum atomic E-state index is -0.557. The predicted molar refractivity (Wildman–Crippen MR) is 137 cm³/mol. The molecule has 5 aromatic rings. The molecule has 1 fully saturated rings. The smallest absolute Gasteiger partial charge is 0.141 e. The molecule has 0 aliphatic heterocycles. The summed E-state index contributed by atoms with van der Waals surface area (Å²) in [4.78, 5) is 9.68. The zero-order chi connectivity index (χ0) is 24.8. The first-order valence-electron chi connectivity index (χ1n) is 12.2. The van der Waals surface area contributed by atoms with Crippen molar-refractivity contribution in [3.05, 3.63) is 66.5 Å². The van der Waals surface area contributed by atoms with E-state index in [1.54, 1.807) is 6.07 Å². The highest BCUT2D eigenvalue weighted by Crippen LogP contribution is 2.38. The van der Waals surface area contributed by atoms with Crippen LogP contribution in [0.15, 0.2) is 55.1 Å². The Hall–Kier alpha value is -4.09. The van der Waals surface area contributed by atoms with E-state index in [-0.39, 0.29) is 5.56 Å². The molecular weight excluding hydrogens is 453 g/mol.